The van der Waals surface area contributed by atoms with Crippen LogP contribution in [0.3, 0.4) is 0 Å². The number of hydrogen-bond donors (Lipinski definition) is 0. The molecule has 0 aromatic heterocycles. The molecule has 2 aromatic rings. The molecule has 0 atom stereocenters. The Labute approximate surface area is 195 Å². The second kappa shape index (κ2) is 8.94. The Morgan fingerprint density at radius 2 is 0.966 bits per heavy atom. The second-order valence-corrected chi connectivity index (χ2v) is 14.3. The topological polar surface area (TPSA) is 55.4 Å². The summed E-state index contributed by atoms with van der Waals surface area (Å²) in [6.07, 6.45) is 0. The fourth-order valence-electron chi connectivity index (χ4n) is 2.54. The predicted molar refractivity (Wildman–Crippen MR) is 124 cm³/mol. The van der Waals surface area contributed by atoms with Crippen molar-refractivity contribution in [3.63, 3.8) is 0 Å². The highest BCUT2D eigenvalue weighted by molar-refractivity contribution is 9.10. The first-order chi connectivity index (χ1) is 13.8. The van der Waals surface area contributed by atoms with Gasteiger partial charge in [-0.1, -0.05) is 31.9 Å². The molecule has 156 valence electrons. The molecule has 29 heavy (non-hydrogen) atoms. The van der Waals surface area contributed by atoms with Crippen LogP contribution >= 0.6 is 45.3 Å². The van der Waals surface area contributed by atoms with Gasteiger partial charge in [0.2, 0.25) is 0 Å². The Morgan fingerprint density at radius 3 is 1.28 bits per heavy atom. The normalized spacial score (nSPS) is 32.1. The maximum Gasteiger partial charge on any atom is 0.380 e. The van der Waals surface area contributed by atoms with E-state index >= 15 is 0 Å². The quantitative estimate of drug-likeness (QED) is 0.384. The molecule has 2 aliphatic rings. The molecule has 2 heterocycles. The summed E-state index contributed by atoms with van der Waals surface area (Å²) in [4.78, 5) is 0. The summed E-state index contributed by atoms with van der Waals surface area (Å²) >= 11 is 17.7. The van der Waals surface area contributed by atoms with Crippen molar-refractivity contribution in [1.82, 2.24) is 0 Å². The molecule has 6 nitrogen and oxygen atoms in total. The lowest BCUT2D eigenvalue weighted by atomic mass is 9.93. The minimum absolute atomic E-state index is 0.300. The number of rotatable bonds is 4. The average Bonchev–Trinajstić information content (AvgIpc) is 2.71. The lowest BCUT2D eigenvalue weighted by Crippen LogP contribution is -2.46. The standard InChI is InChI=1S/C17H16Br2O6P2S2/c18-13-1-5-15(6-2-13)24-26(28)20-9-17(10-21-26)11-22-27(29,23-12-17)25-16-7-3-14(19)4-8-16/h1-8H,9-12H2. The van der Waals surface area contributed by atoms with Crippen molar-refractivity contribution >= 4 is 68.9 Å². The molecule has 12 heteroatoms. The van der Waals surface area contributed by atoms with Crippen molar-refractivity contribution < 1.29 is 27.1 Å². The Bertz CT molecular complexity index is 866. The van der Waals surface area contributed by atoms with Crippen molar-refractivity contribution in [2.24, 2.45) is 5.41 Å². The van der Waals surface area contributed by atoms with Gasteiger partial charge in [-0.3, -0.25) is 18.1 Å². The van der Waals surface area contributed by atoms with Gasteiger partial charge in [0.15, 0.2) is 0 Å². The zero-order chi connectivity index (χ0) is 20.5. The molecule has 0 saturated carbocycles. The van der Waals surface area contributed by atoms with Gasteiger partial charge in [0, 0.05) is 32.6 Å². The highest BCUT2D eigenvalue weighted by Crippen LogP contribution is 2.60. The Kier molecular flexibility index (Phi) is 6.89. The Hall–Kier alpha value is 0.140. The number of hydrogen-bond acceptors (Lipinski definition) is 8. The molecular formula is C17H16Br2O6P2S2. The molecule has 1 spiro atoms. The van der Waals surface area contributed by atoms with Crippen LogP contribution in [-0.2, 0) is 41.7 Å². The van der Waals surface area contributed by atoms with E-state index in [-0.39, 0.29) is 0 Å². The van der Waals surface area contributed by atoms with Crippen molar-refractivity contribution in [1.29, 1.82) is 0 Å². The van der Waals surface area contributed by atoms with E-state index in [2.05, 4.69) is 31.9 Å². The predicted octanol–water partition coefficient (Wildman–Crippen LogP) is 6.20. The second-order valence-electron chi connectivity index (χ2n) is 6.58. The van der Waals surface area contributed by atoms with E-state index in [1.807, 2.05) is 24.3 Å². The fraction of sp³-hybridized carbons (Fsp3) is 0.294. The highest BCUT2D eigenvalue weighted by Gasteiger charge is 2.48. The van der Waals surface area contributed by atoms with Gasteiger partial charge >= 0.3 is 13.4 Å². The van der Waals surface area contributed by atoms with Crippen LogP contribution in [0.2, 0.25) is 0 Å². The first-order valence-corrected chi connectivity index (χ1v) is 15.2. The largest absolute Gasteiger partial charge is 0.424 e. The molecule has 0 bridgehead atoms. The van der Waals surface area contributed by atoms with E-state index in [0.29, 0.717) is 37.9 Å². The third kappa shape index (κ3) is 5.69. The summed E-state index contributed by atoms with van der Waals surface area (Å²) in [7, 11) is 0. The van der Waals surface area contributed by atoms with E-state index in [9.17, 15) is 0 Å². The molecule has 0 N–H and O–H groups in total. The van der Waals surface area contributed by atoms with Crippen LogP contribution in [0.25, 0.3) is 0 Å². The minimum atomic E-state index is -2.88. The zero-order valence-electron chi connectivity index (χ0n) is 14.9. The number of benzene rings is 2. The van der Waals surface area contributed by atoms with Gasteiger partial charge < -0.3 is 9.05 Å². The van der Waals surface area contributed by atoms with Crippen molar-refractivity contribution in [3.05, 3.63) is 57.5 Å². The smallest absolute Gasteiger partial charge is 0.380 e. The van der Waals surface area contributed by atoms with Gasteiger partial charge in [0.1, 0.15) is 11.5 Å². The maximum atomic E-state index is 5.83. The Balaban J connectivity index is 1.34. The zero-order valence-corrected chi connectivity index (χ0v) is 21.5. The third-order valence-electron chi connectivity index (χ3n) is 4.18. The van der Waals surface area contributed by atoms with Crippen LogP contribution in [-0.4, -0.2) is 26.4 Å². The van der Waals surface area contributed by atoms with Gasteiger partial charge in [-0.2, -0.15) is 0 Å². The third-order valence-corrected chi connectivity index (χ3v) is 9.60. The summed E-state index contributed by atoms with van der Waals surface area (Å²) < 4.78 is 36.8. The van der Waals surface area contributed by atoms with Crippen molar-refractivity contribution in [2.45, 2.75) is 0 Å². The summed E-state index contributed by atoms with van der Waals surface area (Å²) in [6.45, 7) is -4.56. The highest BCUT2D eigenvalue weighted by atomic mass is 79.9. The molecule has 2 aromatic carbocycles. The number of halogens is 2. The molecule has 0 unspecified atom stereocenters. The monoisotopic (exact) mass is 600 g/mol. The molecule has 0 aliphatic carbocycles. The van der Waals surface area contributed by atoms with E-state index in [1.165, 1.54) is 0 Å². The first-order valence-electron chi connectivity index (χ1n) is 8.46. The van der Waals surface area contributed by atoms with Gasteiger partial charge in [0.05, 0.1) is 31.8 Å². The molecular weight excluding hydrogens is 586 g/mol. The minimum Gasteiger partial charge on any atom is -0.424 e. The lowest BCUT2D eigenvalue weighted by molar-refractivity contribution is -0.0689. The van der Waals surface area contributed by atoms with Gasteiger partial charge in [-0.25, -0.2) is 0 Å². The summed E-state index contributed by atoms with van der Waals surface area (Å²) in [5.74, 6) is 1.20. The molecule has 2 aliphatic heterocycles. The molecule has 2 saturated heterocycles. The lowest BCUT2D eigenvalue weighted by Gasteiger charge is -2.43. The first kappa shape index (κ1) is 22.3. The molecule has 4 rings (SSSR count). The van der Waals surface area contributed by atoms with E-state index in [4.69, 9.17) is 50.8 Å². The average molecular weight is 602 g/mol. The fourth-order valence-corrected chi connectivity index (χ4v) is 7.07. The van der Waals surface area contributed by atoms with Crippen LogP contribution in [0, 0.1) is 5.41 Å². The van der Waals surface area contributed by atoms with Crippen LogP contribution in [0.4, 0.5) is 0 Å². The molecule has 0 radical (unpaired) electrons. The molecule has 2 fully saturated rings. The van der Waals surface area contributed by atoms with Crippen LogP contribution in [0.15, 0.2) is 57.5 Å². The van der Waals surface area contributed by atoms with E-state index in [1.54, 1.807) is 24.3 Å². The summed E-state index contributed by atoms with van der Waals surface area (Å²) in [6, 6.07) is 14.7. The van der Waals surface area contributed by atoms with Gasteiger partial charge in [-0.15, -0.1) is 0 Å². The SMILES string of the molecule is S=P1(Oc2ccc(Br)cc2)OCC2(CO1)COP(=S)(Oc1ccc(Br)cc1)OC2. The summed E-state index contributed by atoms with van der Waals surface area (Å²) in [5, 5.41) is 0. The van der Waals surface area contributed by atoms with E-state index < -0.39 is 18.9 Å². The maximum absolute atomic E-state index is 5.83. The van der Waals surface area contributed by atoms with Gasteiger partial charge in [-0.05, 0) is 48.5 Å². The van der Waals surface area contributed by atoms with Crippen molar-refractivity contribution in [2.75, 3.05) is 26.4 Å². The van der Waals surface area contributed by atoms with Crippen LogP contribution in [0.1, 0.15) is 0 Å². The molecule has 0 amide bonds. The summed E-state index contributed by atoms with van der Waals surface area (Å²) in [5.41, 5.74) is -0.489. The Morgan fingerprint density at radius 1 is 0.655 bits per heavy atom. The van der Waals surface area contributed by atoms with Crippen LogP contribution in [0.5, 0.6) is 11.5 Å². The van der Waals surface area contributed by atoms with Crippen molar-refractivity contribution in [3.8, 4) is 11.5 Å². The van der Waals surface area contributed by atoms with Gasteiger partial charge in [0.25, 0.3) is 0 Å². The van der Waals surface area contributed by atoms with E-state index in [0.717, 1.165) is 8.95 Å². The van der Waals surface area contributed by atoms with Crippen LogP contribution < -0.4 is 9.05 Å².